The normalized spacial score (nSPS) is 17.9. The summed E-state index contributed by atoms with van der Waals surface area (Å²) in [6, 6.07) is 0.191. The standard InChI is InChI=1S/C13H25N7O2.CH2O2/c1-10(2)7-18-4-5-19(8-11(18)3-6-21)12(22)9-20-13(14)15-16-17-20;2-1-3/h10-11,21H,3-9H2,1-2H3,(H2,14,15,17);1H,(H,2,3). The maximum atomic E-state index is 12.4. The number of hydrogen-bond acceptors (Lipinski definition) is 8. The molecule has 2 heterocycles. The Morgan fingerprint density at radius 2 is 2.12 bits per heavy atom. The molecule has 1 aliphatic rings. The fourth-order valence-electron chi connectivity index (χ4n) is 2.80. The molecule has 0 radical (unpaired) electrons. The molecule has 11 heteroatoms. The van der Waals surface area contributed by atoms with Gasteiger partial charge in [-0.1, -0.05) is 18.9 Å². The van der Waals surface area contributed by atoms with Gasteiger partial charge in [0.15, 0.2) is 0 Å². The first-order valence-corrected chi connectivity index (χ1v) is 8.15. The van der Waals surface area contributed by atoms with Gasteiger partial charge in [0, 0.05) is 38.8 Å². The van der Waals surface area contributed by atoms with E-state index in [1.54, 1.807) is 4.90 Å². The van der Waals surface area contributed by atoms with Crippen LogP contribution < -0.4 is 5.73 Å². The first-order chi connectivity index (χ1) is 11.9. The lowest BCUT2D eigenvalue weighted by molar-refractivity contribution is -0.135. The van der Waals surface area contributed by atoms with Crippen LogP contribution in [0.3, 0.4) is 0 Å². The van der Waals surface area contributed by atoms with Crippen LogP contribution in [0.5, 0.6) is 0 Å². The Morgan fingerprint density at radius 3 is 2.64 bits per heavy atom. The second kappa shape index (κ2) is 10.6. The van der Waals surface area contributed by atoms with Crippen LogP contribution in [-0.2, 0) is 16.1 Å². The van der Waals surface area contributed by atoms with Crippen LogP contribution in [0.15, 0.2) is 0 Å². The fraction of sp³-hybridized carbons (Fsp3) is 0.786. The number of piperazine rings is 1. The third kappa shape index (κ3) is 6.63. The molecule has 0 saturated carbocycles. The minimum absolute atomic E-state index is 0.0499. The summed E-state index contributed by atoms with van der Waals surface area (Å²) in [6.07, 6.45) is 0.670. The van der Waals surface area contributed by atoms with Crippen LogP contribution in [-0.4, -0.2) is 91.4 Å². The van der Waals surface area contributed by atoms with E-state index in [2.05, 4.69) is 34.3 Å². The Kier molecular flexibility index (Phi) is 8.78. The molecule has 1 aromatic heterocycles. The number of aliphatic hydroxyl groups is 1. The average Bonchev–Trinajstić information content (AvgIpc) is 2.94. The van der Waals surface area contributed by atoms with Crippen LogP contribution >= 0.6 is 0 Å². The van der Waals surface area contributed by atoms with E-state index in [1.807, 2.05) is 0 Å². The van der Waals surface area contributed by atoms with E-state index in [-0.39, 0.29) is 37.5 Å². The minimum atomic E-state index is -0.250. The number of rotatable bonds is 6. The van der Waals surface area contributed by atoms with Gasteiger partial charge in [0.05, 0.1) is 0 Å². The minimum Gasteiger partial charge on any atom is -0.483 e. The highest BCUT2D eigenvalue weighted by atomic mass is 16.3. The highest BCUT2D eigenvalue weighted by Crippen LogP contribution is 2.15. The van der Waals surface area contributed by atoms with E-state index in [9.17, 15) is 9.90 Å². The number of carboxylic acid groups (broad SMARTS) is 1. The second-order valence-electron chi connectivity index (χ2n) is 6.19. The van der Waals surface area contributed by atoms with Crippen molar-refractivity contribution >= 4 is 18.3 Å². The maximum absolute atomic E-state index is 12.4. The van der Waals surface area contributed by atoms with E-state index in [4.69, 9.17) is 15.6 Å². The first-order valence-electron chi connectivity index (χ1n) is 8.15. The van der Waals surface area contributed by atoms with Crippen molar-refractivity contribution in [3.8, 4) is 0 Å². The van der Waals surface area contributed by atoms with Gasteiger partial charge in [-0.05, 0) is 22.8 Å². The SMILES string of the molecule is CC(C)CN1CCN(C(=O)Cn2nnnc2N)CC1CCO.O=CO. The highest BCUT2D eigenvalue weighted by molar-refractivity contribution is 5.76. The van der Waals surface area contributed by atoms with E-state index < -0.39 is 0 Å². The molecule has 1 atom stereocenters. The summed E-state index contributed by atoms with van der Waals surface area (Å²) in [4.78, 5) is 24.9. The van der Waals surface area contributed by atoms with Crippen LogP contribution in [0, 0.1) is 5.92 Å². The number of anilines is 1. The molecule has 1 unspecified atom stereocenters. The number of nitrogens with zero attached hydrogens (tertiary/aromatic N) is 6. The number of carbonyl (C=O) groups excluding carboxylic acids is 1. The van der Waals surface area contributed by atoms with Crippen LogP contribution in [0.1, 0.15) is 20.3 Å². The zero-order valence-corrected chi connectivity index (χ0v) is 14.7. The van der Waals surface area contributed by atoms with Crippen molar-refractivity contribution in [3.63, 3.8) is 0 Å². The largest absolute Gasteiger partial charge is 0.483 e. The lowest BCUT2D eigenvalue weighted by atomic mass is 10.1. The molecule has 142 valence electrons. The molecule has 4 N–H and O–H groups in total. The molecular weight excluding hydrogens is 330 g/mol. The molecule has 0 aromatic carbocycles. The zero-order chi connectivity index (χ0) is 18.8. The van der Waals surface area contributed by atoms with Crippen molar-refractivity contribution in [3.05, 3.63) is 0 Å². The van der Waals surface area contributed by atoms with Gasteiger partial charge >= 0.3 is 0 Å². The summed E-state index contributed by atoms with van der Waals surface area (Å²) < 4.78 is 1.30. The first kappa shape index (κ1) is 20.8. The van der Waals surface area contributed by atoms with E-state index >= 15 is 0 Å². The summed E-state index contributed by atoms with van der Waals surface area (Å²) >= 11 is 0. The van der Waals surface area contributed by atoms with Gasteiger partial charge in [0.2, 0.25) is 11.9 Å². The van der Waals surface area contributed by atoms with Gasteiger partial charge in [0.25, 0.3) is 6.47 Å². The van der Waals surface area contributed by atoms with Crippen LogP contribution in [0.25, 0.3) is 0 Å². The molecule has 1 saturated heterocycles. The van der Waals surface area contributed by atoms with Gasteiger partial charge in [-0.25, -0.2) is 4.68 Å². The number of amides is 1. The number of nitrogen functional groups attached to an aromatic ring is 1. The number of aliphatic hydroxyl groups excluding tert-OH is 1. The van der Waals surface area contributed by atoms with Gasteiger partial charge in [-0.3, -0.25) is 14.5 Å². The third-order valence-corrected chi connectivity index (χ3v) is 3.86. The molecule has 1 aromatic rings. The molecule has 1 amide bonds. The third-order valence-electron chi connectivity index (χ3n) is 3.86. The molecule has 1 fully saturated rings. The summed E-state index contributed by atoms with van der Waals surface area (Å²) in [5.41, 5.74) is 5.59. The Bertz CT molecular complexity index is 537. The average molecular weight is 357 g/mol. The van der Waals surface area contributed by atoms with Gasteiger partial charge < -0.3 is 20.8 Å². The molecule has 25 heavy (non-hydrogen) atoms. The second-order valence-corrected chi connectivity index (χ2v) is 6.19. The fourth-order valence-corrected chi connectivity index (χ4v) is 2.80. The summed E-state index contributed by atoms with van der Waals surface area (Å²) in [5.74, 6) is 0.648. The molecule has 11 nitrogen and oxygen atoms in total. The quantitative estimate of drug-likeness (QED) is 0.517. The van der Waals surface area contributed by atoms with Crippen molar-refractivity contribution in [1.29, 1.82) is 0 Å². The van der Waals surface area contributed by atoms with Crippen LogP contribution in [0.2, 0.25) is 0 Å². The number of tetrazole rings is 1. The Balaban J connectivity index is 0.000000970. The van der Waals surface area contributed by atoms with Crippen molar-refractivity contribution in [1.82, 2.24) is 30.0 Å². The van der Waals surface area contributed by atoms with Crippen molar-refractivity contribution in [2.24, 2.45) is 5.92 Å². The topological polar surface area (TPSA) is 151 Å². The van der Waals surface area contributed by atoms with Crippen molar-refractivity contribution < 1.29 is 19.8 Å². The Labute approximate surface area is 146 Å². The Hall–Kier alpha value is -2.27. The van der Waals surface area contributed by atoms with Crippen LogP contribution in [0.4, 0.5) is 5.95 Å². The van der Waals surface area contributed by atoms with Gasteiger partial charge in [-0.15, -0.1) is 0 Å². The zero-order valence-electron chi connectivity index (χ0n) is 14.7. The maximum Gasteiger partial charge on any atom is 0.290 e. The van der Waals surface area contributed by atoms with Gasteiger partial charge in [0.1, 0.15) is 6.54 Å². The lowest BCUT2D eigenvalue weighted by Crippen LogP contribution is -2.56. The molecule has 0 bridgehead atoms. The predicted octanol–water partition coefficient (Wildman–Crippen LogP) is -1.49. The monoisotopic (exact) mass is 357 g/mol. The summed E-state index contributed by atoms with van der Waals surface area (Å²) in [6.45, 7) is 7.37. The number of hydrogen-bond donors (Lipinski definition) is 3. The highest BCUT2D eigenvalue weighted by Gasteiger charge is 2.29. The smallest absolute Gasteiger partial charge is 0.290 e. The summed E-state index contributed by atoms with van der Waals surface area (Å²) in [7, 11) is 0. The number of carbonyl (C=O) groups is 2. The summed E-state index contributed by atoms with van der Waals surface area (Å²) in [5, 5.41) is 26.9. The molecule has 2 rings (SSSR count). The van der Waals surface area contributed by atoms with E-state index in [0.29, 0.717) is 25.4 Å². The molecule has 0 spiro atoms. The van der Waals surface area contributed by atoms with E-state index in [0.717, 1.165) is 13.1 Å². The van der Waals surface area contributed by atoms with E-state index in [1.165, 1.54) is 4.68 Å². The number of aromatic nitrogens is 4. The van der Waals surface area contributed by atoms with Crippen molar-refractivity contribution in [2.75, 3.05) is 38.5 Å². The molecular formula is C14H27N7O4. The lowest BCUT2D eigenvalue weighted by Gasteiger charge is -2.42. The molecule has 1 aliphatic heterocycles. The molecule has 0 aliphatic carbocycles. The number of nitrogens with two attached hydrogens (primary N) is 1. The van der Waals surface area contributed by atoms with Gasteiger partial charge in [-0.2, -0.15) is 0 Å². The Morgan fingerprint density at radius 1 is 1.44 bits per heavy atom. The predicted molar refractivity (Wildman–Crippen MR) is 89.4 cm³/mol. The van der Waals surface area contributed by atoms with Crippen molar-refractivity contribution in [2.45, 2.75) is 32.9 Å².